The first-order chi connectivity index (χ1) is 11.6. The average Bonchev–Trinajstić information content (AvgIpc) is 2.60. The van der Waals surface area contributed by atoms with E-state index in [1.54, 1.807) is 0 Å². The van der Waals surface area contributed by atoms with Gasteiger partial charge in [0.1, 0.15) is 11.6 Å². The van der Waals surface area contributed by atoms with Crippen molar-refractivity contribution >= 4 is 5.91 Å². The second-order valence-corrected chi connectivity index (χ2v) is 5.58. The van der Waals surface area contributed by atoms with Crippen LogP contribution in [0.1, 0.15) is 29.7 Å². The van der Waals surface area contributed by atoms with Crippen LogP contribution in [0.15, 0.2) is 66.4 Å². The maximum absolute atomic E-state index is 12.2. The first-order valence-electron chi connectivity index (χ1n) is 7.85. The Hall–Kier alpha value is -3.06. The van der Waals surface area contributed by atoms with Crippen LogP contribution < -0.4 is 10.6 Å². The molecule has 1 atom stereocenters. The van der Waals surface area contributed by atoms with Crippen LogP contribution in [0.2, 0.25) is 0 Å². The van der Waals surface area contributed by atoms with E-state index in [0.717, 1.165) is 11.1 Å². The summed E-state index contributed by atoms with van der Waals surface area (Å²) in [5.74, 6) is -0.383. The molecule has 2 N–H and O–H groups in total. The van der Waals surface area contributed by atoms with Crippen LogP contribution in [0.5, 0.6) is 0 Å². The Morgan fingerprint density at radius 2 is 1.83 bits per heavy atom. The van der Waals surface area contributed by atoms with Crippen molar-refractivity contribution in [2.75, 3.05) is 0 Å². The van der Waals surface area contributed by atoms with E-state index in [2.05, 4.69) is 10.6 Å². The summed E-state index contributed by atoms with van der Waals surface area (Å²) in [6, 6.07) is 19.4. The third kappa shape index (κ3) is 4.72. The Balaban J connectivity index is 1.96. The zero-order valence-corrected chi connectivity index (χ0v) is 13.9. The van der Waals surface area contributed by atoms with Gasteiger partial charge in [-0.05, 0) is 30.5 Å². The van der Waals surface area contributed by atoms with Gasteiger partial charge in [-0.2, -0.15) is 5.26 Å². The van der Waals surface area contributed by atoms with Crippen LogP contribution in [0.4, 0.5) is 0 Å². The van der Waals surface area contributed by atoms with Crippen LogP contribution in [0, 0.1) is 18.3 Å². The molecule has 0 aliphatic rings. The number of nitrogens with zero attached hydrogens (tertiary/aromatic N) is 1. The zero-order valence-electron chi connectivity index (χ0n) is 13.9. The lowest BCUT2D eigenvalue weighted by Crippen LogP contribution is -2.28. The molecule has 0 bridgehead atoms. The number of nitrogens with one attached hydrogen (secondary N) is 2. The van der Waals surface area contributed by atoms with E-state index in [-0.39, 0.29) is 17.5 Å². The average molecular weight is 319 g/mol. The van der Waals surface area contributed by atoms with E-state index in [1.807, 2.05) is 74.5 Å². The molecule has 2 aromatic rings. The van der Waals surface area contributed by atoms with Crippen LogP contribution in [0.3, 0.4) is 0 Å². The standard InChI is InChI=1S/C20H21N3O/c1-15-8-6-7-11-18(15)13-22-14-19(12-21)20(24)23-16(2)17-9-4-3-5-10-17/h3-11,14,16,22H,13H2,1-2H3,(H,23,24)/b19-14-. The molecule has 1 unspecified atom stereocenters. The molecule has 0 aliphatic heterocycles. The molecule has 2 rings (SSSR count). The van der Waals surface area contributed by atoms with Crippen LogP contribution in [-0.4, -0.2) is 5.91 Å². The molecule has 0 aromatic heterocycles. The molecule has 0 heterocycles. The number of aryl methyl sites for hydroxylation is 1. The first kappa shape index (κ1) is 17.3. The quantitative estimate of drug-likeness (QED) is 0.634. The van der Waals surface area contributed by atoms with Gasteiger partial charge in [0.15, 0.2) is 0 Å². The fourth-order valence-corrected chi connectivity index (χ4v) is 2.32. The van der Waals surface area contributed by atoms with E-state index >= 15 is 0 Å². The monoisotopic (exact) mass is 319 g/mol. The van der Waals surface area contributed by atoms with Gasteiger partial charge in [-0.25, -0.2) is 0 Å². The molecule has 0 saturated carbocycles. The second kappa shape index (κ2) is 8.54. The highest BCUT2D eigenvalue weighted by molar-refractivity contribution is 5.97. The molecule has 0 radical (unpaired) electrons. The number of nitriles is 1. The molecular formula is C20H21N3O. The highest BCUT2D eigenvalue weighted by Gasteiger charge is 2.13. The smallest absolute Gasteiger partial charge is 0.263 e. The molecular weight excluding hydrogens is 298 g/mol. The van der Waals surface area contributed by atoms with Crippen LogP contribution >= 0.6 is 0 Å². The third-order valence-corrected chi connectivity index (χ3v) is 3.81. The molecule has 0 aliphatic carbocycles. The molecule has 4 nitrogen and oxygen atoms in total. The highest BCUT2D eigenvalue weighted by atomic mass is 16.1. The van der Waals surface area contributed by atoms with Crippen molar-refractivity contribution in [3.05, 3.63) is 83.1 Å². The summed E-state index contributed by atoms with van der Waals surface area (Å²) in [6.45, 7) is 4.49. The van der Waals surface area contributed by atoms with Crippen molar-refractivity contribution in [3.63, 3.8) is 0 Å². The third-order valence-electron chi connectivity index (χ3n) is 3.81. The number of carbonyl (C=O) groups is 1. The predicted octanol–water partition coefficient (Wildman–Crippen LogP) is 3.37. The molecule has 122 valence electrons. The lowest BCUT2D eigenvalue weighted by Gasteiger charge is -2.14. The number of hydrogen-bond donors (Lipinski definition) is 2. The van der Waals surface area contributed by atoms with Crippen molar-refractivity contribution in [1.29, 1.82) is 5.26 Å². The van der Waals surface area contributed by atoms with Crippen molar-refractivity contribution in [2.45, 2.75) is 26.4 Å². The van der Waals surface area contributed by atoms with Gasteiger partial charge < -0.3 is 10.6 Å². The SMILES string of the molecule is Cc1ccccc1CN/C=C(/C#N)C(=O)NC(C)c1ccccc1. The van der Waals surface area contributed by atoms with Gasteiger partial charge in [-0.15, -0.1) is 0 Å². The normalized spacial score (nSPS) is 12.1. The Bertz CT molecular complexity index is 760. The van der Waals surface area contributed by atoms with Crippen LogP contribution in [0.25, 0.3) is 0 Å². The van der Waals surface area contributed by atoms with Crippen molar-refractivity contribution in [3.8, 4) is 6.07 Å². The van der Waals surface area contributed by atoms with Gasteiger partial charge in [0, 0.05) is 12.7 Å². The summed E-state index contributed by atoms with van der Waals surface area (Å²) in [4.78, 5) is 12.2. The minimum absolute atomic E-state index is 0.0614. The summed E-state index contributed by atoms with van der Waals surface area (Å²) in [7, 11) is 0. The summed E-state index contributed by atoms with van der Waals surface area (Å²) < 4.78 is 0. The zero-order chi connectivity index (χ0) is 17.4. The maximum Gasteiger partial charge on any atom is 0.263 e. The fourth-order valence-electron chi connectivity index (χ4n) is 2.32. The number of hydrogen-bond acceptors (Lipinski definition) is 3. The van der Waals surface area contributed by atoms with Gasteiger partial charge in [0.2, 0.25) is 0 Å². The predicted molar refractivity (Wildman–Crippen MR) is 94.7 cm³/mol. The topological polar surface area (TPSA) is 64.9 Å². The minimum atomic E-state index is -0.383. The van der Waals surface area contributed by atoms with E-state index in [0.29, 0.717) is 6.54 Å². The van der Waals surface area contributed by atoms with Crippen molar-refractivity contribution in [1.82, 2.24) is 10.6 Å². The van der Waals surface area contributed by atoms with Crippen LogP contribution in [-0.2, 0) is 11.3 Å². The Morgan fingerprint density at radius 1 is 1.17 bits per heavy atom. The van der Waals surface area contributed by atoms with Gasteiger partial charge in [0.25, 0.3) is 5.91 Å². The number of rotatable bonds is 6. The minimum Gasteiger partial charge on any atom is -0.386 e. The molecule has 0 fully saturated rings. The summed E-state index contributed by atoms with van der Waals surface area (Å²) in [6.07, 6.45) is 1.47. The Kier molecular flexibility index (Phi) is 6.16. The maximum atomic E-state index is 12.2. The molecule has 1 amide bonds. The van der Waals surface area contributed by atoms with E-state index in [4.69, 9.17) is 0 Å². The number of amides is 1. The Morgan fingerprint density at radius 3 is 2.50 bits per heavy atom. The molecule has 0 saturated heterocycles. The van der Waals surface area contributed by atoms with Crippen molar-refractivity contribution in [2.24, 2.45) is 0 Å². The van der Waals surface area contributed by atoms with Gasteiger partial charge in [-0.3, -0.25) is 4.79 Å². The molecule has 4 heteroatoms. The highest BCUT2D eigenvalue weighted by Crippen LogP contribution is 2.12. The van der Waals surface area contributed by atoms with E-state index < -0.39 is 0 Å². The van der Waals surface area contributed by atoms with E-state index in [9.17, 15) is 10.1 Å². The molecule has 2 aromatic carbocycles. The lowest BCUT2D eigenvalue weighted by molar-refractivity contribution is -0.117. The van der Waals surface area contributed by atoms with Gasteiger partial charge >= 0.3 is 0 Å². The van der Waals surface area contributed by atoms with Crippen molar-refractivity contribution < 1.29 is 4.79 Å². The fraction of sp³-hybridized carbons (Fsp3) is 0.200. The first-order valence-corrected chi connectivity index (χ1v) is 7.85. The summed E-state index contributed by atoms with van der Waals surface area (Å²) in [5, 5.41) is 15.1. The van der Waals surface area contributed by atoms with E-state index in [1.165, 1.54) is 11.8 Å². The summed E-state index contributed by atoms with van der Waals surface area (Å²) in [5.41, 5.74) is 3.35. The molecule has 24 heavy (non-hydrogen) atoms. The largest absolute Gasteiger partial charge is 0.386 e. The second-order valence-electron chi connectivity index (χ2n) is 5.58. The van der Waals surface area contributed by atoms with Gasteiger partial charge in [-0.1, -0.05) is 54.6 Å². The number of benzene rings is 2. The Labute approximate surface area is 142 Å². The summed E-state index contributed by atoms with van der Waals surface area (Å²) >= 11 is 0. The lowest BCUT2D eigenvalue weighted by atomic mass is 10.1. The molecule has 0 spiro atoms. The number of carbonyl (C=O) groups excluding carboxylic acids is 1. The van der Waals surface area contributed by atoms with Gasteiger partial charge in [0.05, 0.1) is 6.04 Å².